The van der Waals surface area contributed by atoms with Gasteiger partial charge < -0.3 is 14.6 Å². The molecule has 4 aromatic rings. The number of thioether (sulfide) groups is 1. The topological polar surface area (TPSA) is 96.0 Å². The first kappa shape index (κ1) is 28.5. The van der Waals surface area contributed by atoms with Crippen molar-refractivity contribution >= 4 is 46.6 Å². The number of benzene rings is 2. The van der Waals surface area contributed by atoms with Crippen molar-refractivity contribution in [3.8, 4) is 11.4 Å². The molecule has 0 fully saturated rings. The zero-order chi connectivity index (χ0) is 27.9. The molecular weight excluding hydrogens is 559 g/mol. The number of aryl methyl sites for hydroxylation is 1. The Balaban J connectivity index is 1.36. The molecule has 0 aliphatic heterocycles. The lowest BCUT2D eigenvalue weighted by atomic mass is 10.3. The summed E-state index contributed by atoms with van der Waals surface area (Å²) in [5.74, 6) is 1.08. The third kappa shape index (κ3) is 6.76. The summed E-state index contributed by atoms with van der Waals surface area (Å²) in [6.07, 6.45) is 3.04. The van der Waals surface area contributed by atoms with Crippen molar-refractivity contribution in [1.29, 1.82) is 0 Å². The molecule has 0 saturated carbocycles. The second-order valence-electron chi connectivity index (χ2n) is 8.60. The fraction of sp³-hybridized carbons (Fsp3) is 0.259. The lowest BCUT2D eigenvalue weighted by molar-refractivity contribution is -0.113. The largest absolute Gasteiger partial charge is 0.492 e. The average molecular weight is 588 g/mol. The number of nitrogens with one attached hydrogen (secondary N) is 1. The van der Waals surface area contributed by atoms with Gasteiger partial charge in [0.1, 0.15) is 17.3 Å². The number of hydrogen-bond donors (Lipinski definition) is 1. The highest BCUT2D eigenvalue weighted by Crippen LogP contribution is 2.27. The van der Waals surface area contributed by atoms with Gasteiger partial charge in [0.05, 0.1) is 28.8 Å². The van der Waals surface area contributed by atoms with Crippen molar-refractivity contribution in [2.75, 3.05) is 17.7 Å². The quantitative estimate of drug-likeness (QED) is 0.137. The van der Waals surface area contributed by atoms with Gasteiger partial charge in [0.2, 0.25) is 5.91 Å². The summed E-state index contributed by atoms with van der Waals surface area (Å²) in [6.45, 7) is 6.55. The number of carbonyl (C=O) groups excluding carboxylic acids is 1. The van der Waals surface area contributed by atoms with Crippen LogP contribution < -0.4 is 15.6 Å². The number of hydrogen-bond acceptors (Lipinski definition) is 6. The molecule has 0 radical (unpaired) electrons. The third-order valence-electron chi connectivity index (χ3n) is 5.95. The molecule has 204 valence electrons. The predicted molar refractivity (Wildman–Crippen MR) is 156 cm³/mol. The minimum absolute atomic E-state index is 0.0621. The van der Waals surface area contributed by atoms with Crippen LogP contribution in [0.15, 0.2) is 71.1 Å². The van der Waals surface area contributed by atoms with Crippen LogP contribution in [0.4, 0.5) is 5.69 Å². The Morgan fingerprint density at radius 1 is 1.18 bits per heavy atom. The number of nitrogens with zero attached hydrogens (tertiary/aromatic N) is 5. The number of amides is 1. The fourth-order valence-electron chi connectivity index (χ4n) is 3.95. The highest BCUT2D eigenvalue weighted by molar-refractivity contribution is 7.99. The van der Waals surface area contributed by atoms with E-state index in [1.807, 2.05) is 34.9 Å². The second kappa shape index (κ2) is 13.1. The highest BCUT2D eigenvalue weighted by Gasteiger charge is 2.19. The van der Waals surface area contributed by atoms with Crippen LogP contribution in [-0.4, -0.2) is 42.4 Å². The van der Waals surface area contributed by atoms with E-state index in [-0.39, 0.29) is 22.9 Å². The molecule has 4 rings (SSSR count). The zero-order valence-corrected chi connectivity index (χ0v) is 23.9. The fourth-order valence-corrected chi connectivity index (χ4v) is 5.18. The number of halogens is 2. The predicted octanol–water partition coefficient (Wildman–Crippen LogP) is 5.31. The Labute approximate surface area is 240 Å². The van der Waals surface area contributed by atoms with Crippen molar-refractivity contribution in [3.05, 3.63) is 93.1 Å². The van der Waals surface area contributed by atoms with Gasteiger partial charge in [-0.15, -0.1) is 16.8 Å². The Kier molecular flexibility index (Phi) is 9.55. The molecule has 1 N–H and O–H groups in total. The van der Waals surface area contributed by atoms with E-state index in [2.05, 4.69) is 22.1 Å². The van der Waals surface area contributed by atoms with E-state index < -0.39 is 0 Å². The Morgan fingerprint density at radius 2 is 1.95 bits per heavy atom. The maximum atomic E-state index is 13.1. The maximum Gasteiger partial charge on any atom is 0.295 e. The number of allylic oxidation sites excluding steroid dienone is 1. The molecule has 0 aliphatic rings. The van der Waals surface area contributed by atoms with E-state index in [1.165, 1.54) is 16.4 Å². The van der Waals surface area contributed by atoms with E-state index >= 15 is 0 Å². The molecule has 39 heavy (non-hydrogen) atoms. The first-order chi connectivity index (χ1) is 18.8. The molecule has 1 amide bonds. The molecule has 2 aromatic carbocycles. The number of para-hydroxylation sites is 1. The maximum absolute atomic E-state index is 13.1. The molecule has 0 spiro atoms. The van der Waals surface area contributed by atoms with E-state index in [9.17, 15) is 9.59 Å². The van der Waals surface area contributed by atoms with Gasteiger partial charge >= 0.3 is 0 Å². The summed E-state index contributed by atoms with van der Waals surface area (Å²) < 4.78 is 10.9. The van der Waals surface area contributed by atoms with Crippen LogP contribution in [0.3, 0.4) is 0 Å². The van der Waals surface area contributed by atoms with Gasteiger partial charge in [0.25, 0.3) is 5.56 Å². The van der Waals surface area contributed by atoms with Crippen LogP contribution in [0, 0.1) is 6.92 Å². The average Bonchev–Trinajstić information content (AvgIpc) is 3.39. The third-order valence-corrected chi connectivity index (χ3v) is 7.45. The van der Waals surface area contributed by atoms with Crippen molar-refractivity contribution in [3.63, 3.8) is 0 Å². The van der Waals surface area contributed by atoms with Gasteiger partial charge in [-0.05, 0) is 43.7 Å². The highest BCUT2D eigenvalue weighted by atomic mass is 35.5. The number of rotatable bonds is 12. The van der Waals surface area contributed by atoms with Gasteiger partial charge in [-0.2, -0.15) is 0 Å². The minimum atomic E-state index is -0.311. The number of anilines is 1. The van der Waals surface area contributed by atoms with Crippen LogP contribution in [0.1, 0.15) is 17.9 Å². The summed E-state index contributed by atoms with van der Waals surface area (Å²) in [6, 6.07) is 14.4. The van der Waals surface area contributed by atoms with E-state index in [0.717, 1.165) is 11.5 Å². The summed E-state index contributed by atoms with van der Waals surface area (Å²) in [4.78, 5) is 25.9. The van der Waals surface area contributed by atoms with Gasteiger partial charge in [-0.1, -0.05) is 59.2 Å². The lowest BCUT2D eigenvalue weighted by Crippen LogP contribution is -2.23. The molecular formula is C27H28Cl2N6O3S. The molecule has 12 heteroatoms. The number of ether oxygens (including phenoxy) is 1. The van der Waals surface area contributed by atoms with Crippen LogP contribution in [-0.2, 0) is 24.8 Å². The first-order valence-electron chi connectivity index (χ1n) is 12.2. The van der Waals surface area contributed by atoms with Crippen molar-refractivity contribution in [1.82, 2.24) is 24.1 Å². The van der Waals surface area contributed by atoms with Gasteiger partial charge in [-0.3, -0.25) is 14.3 Å². The number of aromatic nitrogens is 5. The Morgan fingerprint density at radius 3 is 2.67 bits per heavy atom. The molecule has 2 heterocycles. The molecule has 9 nitrogen and oxygen atoms in total. The molecule has 0 saturated heterocycles. The Bertz CT molecular complexity index is 1530. The molecule has 2 aromatic heterocycles. The minimum Gasteiger partial charge on any atom is -0.492 e. The first-order valence-corrected chi connectivity index (χ1v) is 13.9. The monoisotopic (exact) mass is 586 g/mol. The standard InChI is InChI=1S/C27H28Cl2N6O3S/c1-4-14-34-23(11-8-15-38-22-13-12-19(28)16-21(22)29)31-32-27(34)39-17-24(36)30-25-18(2)33(3)35(26(25)37)20-9-6-5-7-10-20/h4-7,9-10,12-13,16H,1,8,11,14-15,17H2,2-3H3,(H,30,36). The van der Waals surface area contributed by atoms with Crippen LogP contribution >= 0.6 is 35.0 Å². The summed E-state index contributed by atoms with van der Waals surface area (Å²) >= 11 is 13.3. The van der Waals surface area contributed by atoms with Crippen LogP contribution in [0.5, 0.6) is 5.75 Å². The molecule has 0 bridgehead atoms. The van der Waals surface area contributed by atoms with Gasteiger partial charge in [0, 0.05) is 25.0 Å². The smallest absolute Gasteiger partial charge is 0.295 e. The number of carbonyl (C=O) groups is 1. The van der Waals surface area contributed by atoms with Crippen molar-refractivity contribution in [2.45, 2.75) is 31.5 Å². The SMILES string of the molecule is C=CCn1c(CCCOc2ccc(Cl)cc2Cl)nnc1SCC(=O)Nc1c(C)n(C)n(-c2ccccc2)c1=O. The van der Waals surface area contributed by atoms with Crippen molar-refractivity contribution < 1.29 is 9.53 Å². The normalized spacial score (nSPS) is 11.0. The Hall–Kier alpha value is -3.47. The van der Waals surface area contributed by atoms with Gasteiger partial charge in [-0.25, -0.2) is 4.68 Å². The van der Waals surface area contributed by atoms with Crippen molar-refractivity contribution in [2.24, 2.45) is 7.05 Å². The molecule has 0 aliphatic carbocycles. The van der Waals surface area contributed by atoms with Crippen LogP contribution in [0.25, 0.3) is 5.69 Å². The summed E-state index contributed by atoms with van der Waals surface area (Å²) in [7, 11) is 1.78. The van der Waals surface area contributed by atoms with E-state index in [4.69, 9.17) is 27.9 Å². The van der Waals surface area contributed by atoms with Crippen LogP contribution in [0.2, 0.25) is 10.0 Å². The molecule has 0 unspecified atom stereocenters. The lowest BCUT2D eigenvalue weighted by Gasteiger charge is -2.09. The summed E-state index contributed by atoms with van der Waals surface area (Å²) in [5, 5.41) is 12.9. The zero-order valence-electron chi connectivity index (χ0n) is 21.6. The second-order valence-corrected chi connectivity index (χ2v) is 10.4. The van der Waals surface area contributed by atoms with Gasteiger partial charge in [0.15, 0.2) is 5.16 Å². The van der Waals surface area contributed by atoms with E-state index in [1.54, 1.807) is 42.9 Å². The van der Waals surface area contributed by atoms with E-state index in [0.29, 0.717) is 52.6 Å². The molecule has 0 atom stereocenters. The summed E-state index contributed by atoms with van der Waals surface area (Å²) in [5.41, 5.74) is 1.33.